The van der Waals surface area contributed by atoms with Crippen LogP contribution < -0.4 is 0 Å². The van der Waals surface area contributed by atoms with E-state index in [-0.39, 0.29) is 18.3 Å². The Kier molecular flexibility index (Phi) is 7.26. The van der Waals surface area contributed by atoms with Crippen LogP contribution in [0.2, 0.25) is 0 Å². The Morgan fingerprint density at radius 1 is 1.22 bits per heavy atom. The fourth-order valence-electron chi connectivity index (χ4n) is 3.74. The minimum Gasteiger partial charge on any atom is -0.483 e. The molecule has 0 aromatic heterocycles. The first-order chi connectivity index (χ1) is 12.8. The first-order valence-corrected chi connectivity index (χ1v) is 9.00. The van der Waals surface area contributed by atoms with Gasteiger partial charge in [0.2, 0.25) is 0 Å². The Bertz CT molecular complexity index is 643. The Balaban J connectivity index is 0.000000817. The molecule has 1 atom stereocenters. The molecule has 2 N–H and O–H groups in total. The highest BCUT2D eigenvalue weighted by Crippen LogP contribution is 2.28. The number of aliphatic hydroxyl groups is 1. The van der Waals surface area contributed by atoms with Crippen molar-refractivity contribution in [2.24, 2.45) is 5.92 Å². The zero-order valence-electron chi connectivity index (χ0n) is 15.4. The normalized spacial score (nSPS) is 22.1. The molecule has 0 saturated carbocycles. The number of hydrogen-bond acceptors (Lipinski definition) is 4. The number of piperidine rings is 1. The molecule has 2 aliphatic heterocycles. The van der Waals surface area contributed by atoms with Crippen LogP contribution in [-0.2, 0) is 16.0 Å². The minimum absolute atomic E-state index is 0.171. The molecule has 1 unspecified atom stereocenters. The number of carbonyl (C=O) groups is 2. The van der Waals surface area contributed by atoms with Crippen molar-refractivity contribution in [3.05, 3.63) is 35.4 Å². The molecule has 2 aliphatic rings. The standard InChI is InChI=1S/C18H24F2N2O2.CH2O2/c1-21-6-3-18(24,4-7-21)17(23)22-5-2-13(12-22)8-14-9-15(19)11-16(20)10-14;2-1-3/h9-11,13,24H,2-8,12H2,1H3;1H,(H,2,3). The average Bonchev–Trinajstić information content (AvgIpc) is 3.05. The molecule has 2 heterocycles. The summed E-state index contributed by atoms with van der Waals surface area (Å²) in [6.07, 6.45) is 2.25. The Hall–Kier alpha value is -2.06. The van der Waals surface area contributed by atoms with Gasteiger partial charge >= 0.3 is 0 Å². The molecular formula is C19H26F2N2O4. The van der Waals surface area contributed by atoms with E-state index in [9.17, 15) is 18.7 Å². The zero-order valence-corrected chi connectivity index (χ0v) is 15.4. The molecule has 3 rings (SSSR count). The zero-order chi connectivity index (χ0) is 20.0. The summed E-state index contributed by atoms with van der Waals surface area (Å²) >= 11 is 0. The van der Waals surface area contributed by atoms with Gasteiger partial charge in [0.1, 0.15) is 17.2 Å². The molecule has 6 nitrogen and oxygen atoms in total. The van der Waals surface area contributed by atoms with E-state index in [1.165, 1.54) is 12.1 Å². The van der Waals surface area contributed by atoms with Crippen molar-refractivity contribution in [3.63, 3.8) is 0 Å². The van der Waals surface area contributed by atoms with Crippen molar-refractivity contribution in [1.82, 2.24) is 9.80 Å². The van der Waals surface area contributed by atoms with E-state index in [0.717, 1.165) is 12.5 Å². The van der Waals surface area contributed by atoms with Gasteiger partial charge in [0, 0.05) is 32.2 Å². The maximum atomic E-state index is 13.3. The maximum absolute atomic E-state index is 13.3. The number of hydrogen-bond donors (Lipinski definition) is 2. The van der Waals surface area contributed by atoms with E-state index < -0.39 is 17.2 Å². The van der Waals surface area contributed by atoms with Crippen molar-refractivity contribution < 1.29 is 28.6 Å². The molecule has 150 valence electrons. The molecule has 1 amide bonds. The molecule has 2 saturated heterocycles. The molecule has 0 aliphatic carbocycles. The molecule has 2 fully saturated rings. The lowest BCUT2D eigenvalue weighted by molar-refractivity contribution is -0.155. The highest BCUT2D eigenvalue weighted by molar-refractivity contribution is 5.85. The van der Waals surface area contributed by atoms with Gasteiger partial charge in [-0.15, -0.1) is 0 Å². The van der Waals surface area contributed by atoms with Crippen LogP contribution in [0.15, 0.2) is 18.2 Å². The third kappa shape index (κ3) is 5.71. The molecule has 8 heteroatoms. The van der Waals surface area contributed by atoms with Gasteiger partial charge in [-0.1, -0.05) is 0 Å². The number of nitrogens with zero attached hydrogens (tertiary/aromatic N) is 2. The number of likely N-dealkylation sites (tertiary alicyclic amines) is 2. The van der Waals surface area contributed by atoms with E-state index in [0.29, 0.717) is 51.0 Å². The summed E-state index contributed by atoms with van der Waals surface area (Å²) in [5, 5.41) is 17.5. The minimum atomic E-state index is -1.26. The largest absolute Gasteiger partial charge is 0.483 e. The van der Waals surface area contributed by atoms with Gasteiger partial charge in [0.05, 0.1) is 0 Å². The quantitative estimate of drug-likeness (QED) is 0.773. The van der Waals surface area contributed by atoms with Crippen LogP contribution in [0.5, 0.6) is 0 Å². The number of benzene rings is 1. The van der Waals surface area contributed by atoms with Crippen molar-refractivity contribution in [2.45, 2.75) is 31.3 Å². The summed E-state index contributed by atoms with van der Waals surface area (Å²) in [4.78, 5) is 24.9. The van der Waals surface area contributed by atoms with E-state index >= 15 is 0 Å². The van der Waals surface area contributed by atoms with Crippen molar-refractivity contribution >= 4 is 12.4 Å². The van der Waals surface area contributed by atoms with Gasteiger partial charge < -0.3 is 20.0 Å². The van der Waals surface area contributed by atoms with Crippen LogP contribution in [0.25, 0.3) is 0 Å². The lowest BCUT2D eigenvalue weighted by Crippen LogP contribution is -2.53. The topological polar surface area (TPSA) is 81.1 Å². The summed E-state index contributed by atoms with van der Waals surface area (Å²) in [5.41, 5.74) is -0.642. The van der Waals surface area contributed by atoms with Crippen LogP contribution in [-0.4, -0.2) is 71.2 Å². The Morgan fingerprint density at radius 3 is 2.33 bits per heavy atom. The fraction of sp³-hybridized carbons (Fsp3) is 0.579. The SMILES string of the molecule is CN1CCC(O)(C(=O)N2CCC(Cc3cc(F)cc(F)c3)C2)CC1.O=CO. The summed E-state index contributed by atoms with van der Waals surface area (Å²) in [5.74, 6) is -1.17. The highest BCUT2D eigenvalue weighted by Gasteiger charge is 2.43. The van der Waals surface area contributed by atoms with Gasteiger partial charge in [0.25, 0.3) is 12.4 Å². The second-order valence-corrected chi connectivity index (χ2v) is 7.33. The Morgan fingerprint density at radius 2 is 1.78 bits per heavy atom. The predicted octanol–water partition coefficient (Wildman–Crippen LogP) is 1.51. The molecular weight excluding hydrogens is 358 g/mol. The number of amides is 1. The summed E-state index contributed by atoms with van der Waals surface area (Å²) in [6, 6.07) is 3.56. The molecule has 0 radical (unpaired) electrons. The smallest absolute Gasteiger partial charge is 0.290 e. The van der Waals surface area contributed by atoms with Gasteiger partial charge in [0.15, 0.2) is 0 Å². The molecule has 0 spiro atoms. The second-order valence-electron chi connectivity index (χ2n) is 7.33. The average molecular weight is 384 g/mol. The van der Waals surface area contributed by atoms with Gasteiger partial charge in [-0.05, 0) is 56.3 Å². The lowest BCUT2D eigenvalue weighted by atomic mass is 9.90. The van der Waals surface area contributed by atoms with E-state index in [1.807, 2.05) is 7.05 Å². The number of carboxylic acid groups (broad SMARTS) is 1. The van der Waals surface area contributed by atoms with Gasteiger partial charge in [-0.2, -0.15) is 0 Å². The van der Waals surface area contributed by atoms with E-state index in [1.54, 1.807) is 4.90 Å². The lowest BCUT2D eigenvalue weighted by Gasteiger charge is -2.37. The molecule has 27 heavy (non-hydrogen) atoms. The fourth-order valence-corrected chi connectivity index (χ4v) is 3.74. The van der Waals surface area contributed by atoms with Crippen molar-refractivity contribution in [3.8, 4) is 0 Å². The van der Waals surface area contributed by atoms with Crippen LogP contribution in [0.4, 0.5) is 8.78 Å². The monoisotopic (exact) mass is 384 g/mol. The van der Waals surface area contributed by atoms with Gasteiger partial charge in [-0.25, -0.2) is 8.78 Å². The van der Waals surface area contributed by atoms with Crippen LogP contribution >= 0.6 is 0 Å². The van der Waals surface area contributed by atoms with Crippen molar-refractivity contribution in [1.29, 1.82) is 0 Å². The van der Waals surface area contributed by atoms with Crippen LogP contribution in [0, 0.1) is 17.6 Å². The summed E-state index contributed by atoms with van der Waals surface area (Å²) < 4.78 is 26.6. The molecule has 1 aromatic rings. The second kappa shape index (κ2) is 9.23. The first-order valence-electron chi connectivity index (χ1n) is 9.00. The highest BCUT2D eigenvalue weighted by atomic mass is 19.1. The van der Waals surface area contributed by atoms with Crippen LogP contribution in [0.3, 0.4) is 0 Å². The first kappa shape index (κ1) is 21.2. The predicted molar refractivity (Wildman–Crippen MR) is 95.1 cm³/mol. The van der Waals surface area contributed by atoms with E-state index in [2.05, 4.69) is 4.90 Å². The maximum Gasteiger partial charge on any atom is 0.290 e. The number of carbonyl (C=O) groups excluding carboxylic acids is 1. The van der Waals surface area contributed by atoms with Crippen LogP contribution in [0.1, 0.15) is 24.8 Å². The number of rotatable bonds is 3. The summed E-state index contributed by atoms with van der Waals surface area (Å²) in [6.45, 7) is 2.30. The number of halogens is 2. The molecule has 0 bridgehead atoms. The molecule has 1 aromatic carbocycles. The third-order valence-corrected chi connectivity index (χ3v) is 5.23. The summed E-state index contributed by atoms with van der Waals surface area (Å²) in [7, 11) is 1.98. The van der Waals surface area contributed by atoms with Crippen molar-refractivity contribution in [2.75, 3.05) is 33.2 Å². The van der Waals surface area contributed by atoms with E-state index in [4.69, 9.17) is 9.90 Å². The third-order valence-electron chi connectivity index (χ3n) is 5.23. The van der Waals surface area contributed by atoms with Gasteiger partial charge in [-0.3, -0.25) is 9.59 Å². The Labute approximate surface area is 157 Å².